The summed E-state index contributed by atoms with van der Waals surface area (Å²) in [5.41, 5.74) is 2.62. The number of amides is 1. The highest BCUT2D eigenvalue weighted by molar-refractivity contribution is 5.70. The number of carbonyl (C=O) groups is 1. The van der Waals surface area contributed by atoms with Gasteiger partial charge in [-0.15, -0.1) is 0 Å². The zero-order valence-electron chi connectivity index (χ0n) is 9.53. The summed E-state index contributed by atoms with van der Waals surface area (Å²) in [6.07, 6.45) is 3.14. The van der Waals surface area contributed by atoms with E-state index in [0.717, 1.165) is 12.8 Å². The fourth-order valence-electron chi connectivity index (χ4n) is 1.98. The second kappa shape index (κ2) is 5.35. The molecule has 1 aliphatic carbocycles. The summed E-state index contributed by atoms with van der Waals surface area (Å²) in [5, 5.41) is 10.8. The Bertz CT molecular complexity index is 463. The standard InChI is InChI=1S/C13H14N2O2/c14-7-2-8-15-13(16)17-12-6-5-10-3-1-4-11(10)9-12/h5-6,9H,1-4,8H2,(H,15,16). The molecule has 0 saturated heterocycles. The molecule has 4 nitrogen and oxygen atoms in total. The Labute approximate surface area is 100 Å². The molecule has 1 N–H and O–H groups in total. The van der Waals surface area contributed by atoms with Crippen molar-refractivity contribution in [2.75, 3.05) is 6.54 Å². The number of rotatable bonds is 3. The minimum atomic E-state index is -0.502. The third-order valence-corrected chi connectivity index (χ3v) is 2.79. The predicted octanol–water partition coefficient (Wildman–Crippen LogP) is 2.18. The molecule has 4 heteroatoms. The Morgan fingerprint density at radius 1 is 1.41 bits per heavy atom. The second-order valence-corrected chi connectivity index (χ2v) is 4.01. The Morgan fingerprint density at radius 3 is 3.06 bits per heavy atom. The average Bonchev–Trinajstić information content (AvgIpc) is 2.76. The molecule has 1 aliphatic rings. The zero-order chi connectivity index (χ0) is 12.1. The van der Waals surface area contributed by atoms with E-state index in [1.807, 2.05) is 24.3 Å². The van der Waals surface area contributed by atoms with Gasteiger partial charge in [-0.3, -0.25) is 0 Å². The predicted molar refractivity (Wildman–Crippen MR) is 62.7 cm³/mol. The molecule has 0 bridgehead atoms. The maximum absolute atomic E-state index is 11.3. The minimum absolute atomic E-state index is 0.291. The normalized spacial score (nSPS) is 12.6. The van der Waals surface area contributed by atoms with Crippen LogP contribution in [0.15, 0.2) is 18.2 Å². The van der Waals surface area contributed by atoms with Gasteiger partial charge in [0.05, 0.1) is 12.5 Å². The van der Waals surface area contributed by atoms with Crippen molar-refractivity contribution in [2.24, 2.45) is 0 Å². The first kappa shape index (κ1) is 11.5. The van der Waals surface area contributed by atoms with Gasteiger partial charge in [0.25, 0.3) is 0 Å². The smallest absolute Gasteiger partial charge is 0.410 e. The molecule has 2 rings (SSSR count). The number of hydrogen-bond acceptors (Lipinski definition) is 3. The maximum atomic E-state index is 11.3. The number of fused-ring (bicyclic) bond motifs is 1. The minimum Gasteiger partial charge on any atom is -0.410 e. The van der Waals surface area contributed by atoms with Gasteiger partial charge in [0, 0.05) is 6.54 Å². The molecule has 1 aromatic rings. The van der Waals surface area contributed by atoms with Crippen molar-refractivity contribution in [2.45, 2.75) is 25.7 Å². The fraction of sp³-hybridized carbons (Fsp3) is 0.385. The zero-order valence-corrected chi connectivity index (χ0v) is 9.53. The molecule has 0 aromatic heterocycles. The molecule has 0 unspecified atom stereocenters. The lowest BCUT2D eigenvalue weighted by molar-refractivity contribution is 0.201. The summed E-state index contributed by atoms with van der Waals surface area (Å²) in [5.74, 6) is 0.570. The van der Waals surface area contributed by atoms with Crippen molar-refractivity contribution < 1.29 is 9.53 Å². The van der Waals surface area contributed by atoms with Crippen LogP contribution in [0.1, 0.15) is 24.0 Å². The fourth-order valence-corrected chi connectivity index (χ4v) is 1.98. The first-order chi connectivity index (χ1) is 8.29. The maximum Gasteiger partial charge on any atom is 0.412 e. The summed E-state index contributed by atoms with van der Waals surface area (Å²) >= 11 is 0. The van der Waals surface area contributed by atoms with Crippen molar-refractivity contribution in [1.29, 1.82) is 5.26 Å². The Hall–Kier alpha value is -2.02. The van der Waals surface area contributed by atoms with Crippen LogP contribution >= 0.6 is 0 Å². The molecule has 0 fully saturated rings. The van der Waals surface area contributed by atoms with Crippen LogP contribution in [0.5, 0.6) is 5.75 Å². The van der Waals surface area contributed by atoms with E-state index in [2.05, 4.69) is 5.32 Å². The molecule has 1 aromatic carbocycles. The van der Waals surface area contributed by atoms with Crippen LogP contribution in [-0.4, -0.2) is 12.6 Å². The number of nitrogens with one attached hydrogen (secondary N) is 1. The lowest BCUT2D eigenvalue weighted by Crippen LogP contribution is -2.27. The highest BCUT2D eigenvalue weighted by Crippen LogP contribution is 2.25. The average molecular weight is 230 g/mol. The Kier molecular flexibility index (Phi) is 3.61. The van der Waals surface area contributed by atoms with Gasteiger partial charge in [-0.2, -0.15) is 5.26 Å². The van der Waals surface area contributed by atoms with Crippen LogP contribution in [0.25, 0.3) is 0 Å². The first-order valence-electron chi connectivity index (χ1n) is 5.74. The topological polar surface area (TPSA) is 62.1 Å². The highest BCUT2D eigenvalue weighted by atomic mass is 16.6. The van der Waals surface area contributed by atoms with E-state index >= 15 is 0 Å². The number of aryl methyl sites for hydroxylation is 2. The summed E-state index contributed by atoms with van der Waals surface area (Å²) in [6.45, 7) is 0.320. The molecular formula is C13H14N2O2. The van der Waals surface area contributed by atoms with Gasteiger partial charge >= 0.3 is 6.09 Å². The van der Waals surface area contributed by atoms with Crippen molar-refractivity contribution >= 4 is 6.09 Å². The van der Waals surface area contributed by atoms with Crippen LogP contribution in [0.4, 0.5) is 4.79 Å². The quantitative estimate of drug-likeness (QED) is 0.809. The van der Waals surface area contributed by atoms with E-state index in [1.54, 1.807) is 0 Å². The number of nitrogens with zero attached hydrogens (tertiary/aromatic N) is 1. The lowest BCUT2D eigenvalue weighted by atomic mass is 10.1. The van der Waals surface area contributed by atoms with Crippen LogP contribution in [0, 0.1) is 11.3 Å². The molecule has 0 spiro atoms. The van der Waals surface area contributed by atoms with E-state index in [9.17, 15) is 4.79 Å². The third-order valence-electron chi connectivity index (χ3n) is 2.79. The largest absolute Gasteiger partial charge is 0.412 e. The number of benzene rings is 1. The van der Waals surface area contributed by atoms with Gasteiger partial charge in [0.15, 0.2) is 0 Å². The van der Waals surface area contributed by atoms with Gasteiger partial charge in [0.2, 0.25) is 0 Å². The highest BCUT2D eigenvalue weighted by Gasteiger charge is 2.12. The lowest BCUT2D eigenvalue weighted by Gasteiger charge is -2.06. The molecule has 0 heterocycles. The summed E-state index contributed by atoms with van der Waals surface area (Å²) in [7, 11) is 0. The van der Waals surface area contributed by atoms with Gasteiger partial charge in [0.1, 0.15) is 5.75 Å². The SMILES string of the molecule is N#CCCNC(=O)Oc1ccc2c(c1)CCC2. The summed E-state index contributed by atoms with van der Waals surface area (Å²) in [6, 6.07) is 7.70. The van der Waals surface area contributed by atoms with Crippen LogP contribution in [0.3, 0.4) is 0 Å². The number of nitriles is 1. The number of carbonyl (C=O) groups excluding carboxylic acids is 1. The second-order valence-electron chi connectivity index (χ2n) is 4.01. The van der Waals surface area contributed by atoms with Gasteiger partial charge in [-0.05, 0) is 42.5 Å². The van der Waals surface area contributed by atoms with Gasteiger partial charge in [-0.1, -0.05) is 6.07 Å². The van der Waals surface area contributed by atoms with E-state index < -0.39 is 6.09 Å². The molecule has 0 saturated carbocycles. The molecule has 0 aliphatic heterocycles. The van der Waals surface area contributed by atoms with E-state index in [4.69, 9.17) is 10.00 Å². The molecule has 1 amide bonds. The van der Waals surface area contributed by atoms with Crippen molar-refractivity contribution in [3.05, 3.63) is 29.3 Å². The molecule has 0 atom stereocenters. The van der Waals surface area contributed by atoms with E-state index in [-0.39, 0.29) is 0 Å². The summed E-state index contributed by atoms with van der Waals surface area (Å²) < 4.78 is 5.13. The summed E-state index contributed by atoms with van der Waals surface area (Å²) in [4.78, 5) is 11.3. The Morgan fingerprint density at radius 2 is 2.24 bits per heavy atom. The van der Waals surface area contributed by atoms with Crippen LogP contribution in [0.2, 0.25) is 0 Å². The van der Waals surface area contributed by atoms with E-state index in [1.165, 1.54) is 17.5 Å². The molecule has 0 radical (unpaired) electrons. The van der Waals surface area contributed by atoms with Gasteiger partial charge in [-0.25, -0.2) is 4.79 Å². The molecule has 88 valence electrons. The monoisotopic (exact) mass is 230 g/mol. The molecular weight excluding hydrogens is 216 g/mol. The van der Waals surface area contributed by atoms with Crippen LogP contribution < -0.4 is 10.1 Å². The van der Waals surface area contributed by atoms with Crippen molar-refractivity contribution in [1.82, 2.24) is 5.32 Å². The van der Waals surface area contributed by atoms with E-state index in [0.29, 0.717) is 18.7 Å². The van der Waals surface area contributed by atoms with Crippen molar-refractivity contribution in [3.8, 4) is 11.8 Å². The van der Waals surface area contributed by atoms with Crippen LogP contribution in [-0.2, 0) is 12.8 Å². The van der Waals surface area contributed by atoms with Crippen molar-refractivity contribution in [3.63, 3.8) is 0 Å². The first-order valence-corrected chi connectivity index (χ1v) is 5.74. The third kappa shape index (κ3) is 2.97. The molecule has 17 heavy (non-hydrogen) atoms. The number of hydrogen-bond donors (Lipinski definition) is 1. The number of ether oxygens (including phenoxy) is 1. The van der Waals surface area contributed by atoms with Gasteiger partial charge < -0.3 is 10.1 Å². The Balaban J connectivity index is 1.91.